The zero-order valence-electron chi connectivity index (χ0n) is 12.3. The molecule has 0 fully saturated rings. The Kier molecular flexibility index (Phi) is 5.62. The summed E-state index contributed by atoms with van der Waals surface area (Å²) in [5.74, 6) is 1.32. The highest BCUT2D eigenvalue weighted by Crippen LogP contribution is 2.30. The Labute approximate surface area is 130 Å². The van der Waals surface area contributed by atoms with E-state index in [-0.39, 0.29) is 6.61 Å². The molecule has 0 saturated heterocycles. The number of rotatable bonds is 6. The minimum absolute atomic E-state index is 0.0264. The summed E-state index contributed by atoms with van der Waals surface area (Å²) < 4.78 is 5.76. The molecule has 2 rings (SSSR count). The molecule has 0 aliphatic carbocycles. The smallest absolute Gasteiger partial charge is 0.146 e. The number of aliphatic hydroxyl groups excluding tert-OH is 1. The van der Waals surface area contributed by atoms with E-state index in [4.69, 9.17) is 21.4 Å². The SMILES string of the molecule is CC(C)NCc1ccc(Oc2ccc(CO)cc2)c(Cl)c1. The van der Waals surface area contributed by atoms with Crippen LogP contribution < -0.4 is 10.1 Å². The van der Waals surface area contributed by atoms with Crippen molar-refractivity contribution < 1.29 is 9.84 Å². The summed E-state index contributed by atoms with van der Waals surface area (Å²) in [7, 11) is 0. The molecule has 112 valence electrons. The van der Waals surface area contributed by atoms with Gasteiger partial charge in [0.1, 0.15) is 11.5 Å². The van der Waals surface area contributed by atoms with Gasteiger partial charge in [-0.1, -0.05) is 43.6 Å². The van der Waals surface area contributed by atoms with Gasteiger partial charge in [0.15, 0.2) is 0 Å². The van der Waals surface area contributed by atoms with Crippen molar-refractivity contribution in [1.29, 1.82) is 0 Å². The Balaban J connectivity index is 2.06. The van der Waals surface area contributed by atoms with Crippen LogP contribution >= 0.6 is 11.6 Å². The topological polar surface area (TPSA) is 41.5 Å². The predicted octanol–water partition coefficient (Wildman–Crippen LogP) is 4.12. The fourth-order valence-corrected chi connectivity index (χ4v) is 2.09. The van der Waals surface area contributed by atoms with Gasteiger partial charge in [0.25, 0.3) is 0 Å². The number of halogens is 1. The highest BCUT2D eigenvalue weighted by molar-refractivity contribution is 6.32. The van der Waals surface area contributed by atoms with Crippen LogP contribution in [0.25, 0.3) is 0 Å². The summed E-state index contributed by atoms with van der Waals surface area (Å²) >= 11 is 6.26. The molecule has 3 nitrogen and oxygen atoms in total. The number of benzene rings is 2. The molecule has 0 spiro atoms. The van der Waals surface area contributed by atoms with Crippen molar-refractivity contribution in [3.8, 4) is 11.5 Å². The maximum atomic E-state index is 9.01. The lowest BCUT2D eigenvalue weighted by molar-refractivity contribution is 0.281. The summed E-state index contributed by atoms with van der Waals surface area (Å²) in [5.41, 5.74) is 1.97. The van der Waals surface area contributed by atoms with Gasteiger partial charge in [-0.25, -0.2) is 0 Å². The van der Waals surface area contributed by atoms with Crippen molar-refractivity contribution >= 4 is 11.6 Å². The first kappa shape index (κ1) is 15.8. The van der Waals surface area contributed by atoms with Gasteiger partial charge in [0.2, 0.25) is 0 Å². The minimum atomic E-state index is 0.0264. The summed E-state index contributed by atoms with van der Waals surface area (Å²) in [6.07, 6.45) is 0. The molecule has 0 bridgehead atoms. The first-order valence-electron chi connectivity index (χ1n) is 6.98. The number of ether oxygens (including phenoxy) is 1. The lowest BCUT2D eigenvalue weighted by Gasteiger charge is -2.11. The quantitative estimate of drug-likeness (QED) is 0.843. The lowest BCUT2D eigenvalue weighted by Crippen LogP contribution is -2.21. The minimum Gasteiger partial charge on any atom is -0.456 e. The Hall–Kier alpha value is -1.55. The molecule has 0 heterocycles. The number of aliphatic hydroxyl groups is 1. The number of hydrogen-bond acceptors (Lipinski definition) is 3. The van der Waals surface area contributed by atoms with Crippen LogP contribution in [0.4, 0.5) is 0 Å². The Bertz CT molecular complexity index is 582. The van der Waals surface area contributed by atoms with Crippen molar-refractivity contribution in [2.24, 2.45) is 0 Å². The van der Waals surface area contributed by atoms with E-state index >= 15 is 0 Å². The van der Waals surface area contributed by atoms with E-state index < -0.39 is 0 Å². The second-order valence-corrected chi connectivity index (χ2v) is 5.61. The van der Waals surface area contributed by atoms with Gasteiger partial charge >= 0.3 is 0 Å². The highest BCUT2D eigenvalue weighted by atomic mass is 35.5. The second-order valence-electron chi connectivity index (χ2n) is 5.20. The summed E-state index contributed by atoms with van der Waals surface area (Å²) in [5, 5.41) is 12.9. The lowest BCUT2D eigenvalue weighted by atomic mass is 10.2. The molecule has 0 aromatic heterocycles. The molecular formula is C17H20ClNO2. The van der Waals surface area contributed by atoms with Crippen LogP contribution in [0, 0.1) is 0 Å². The van der Waals surface area contributed by atoms with E-state index in [1.807, 2.05) is 42.5 Å². The third kappa shape index (κ3) is 4.74. The summed E-state index contributed by atoms with van der Waals surface area (Å²) in [4.78, 5) is 0. The van der Waals surface area contributed by atoms with Crippen LogP contribution in [0.3, 0.4) is 0 Å². The van der Waals surface area contributed by atoms with E-state index in [0.717, 1.165) is 17.7 Å². The Morgan fingerprint density at radius 2 is 1.76 bits per heavy atom. The first-order valence-corrected chi connectivity index (χ1v) is 7.35. The molecule has 0 aliphatic heterocycles. The average Bonchev–Trinajstić information content (AvgIpc) is 2.48. The van der Waals surface area contributed by atoms with Gasteiger partial charge < -0.3 is 15.2 Å². The average molecular weight is 306 g/mol. The van der Waals surface area contributed by atoms with Gasteiger partial charge in [-0.2, -0.15) is 0 Å². The van der Waals surface area contributed by atoms with Crippen LogP contribution in [-0.4, -0.2) is 11.1 Å². The summed E-state index contributed by atoms with van der Waals surface area (Å²) in [6, 6.07) is 13.5. The maximum Gasteiger partial charge on any atom is 0.146 e. The fraction of sp³-hybridized carbons (Fsp3) is 0.294. The van der Waals surface area contributed by atoms with Gasteiger partial charge in [0, 0.05) is 12.6 Å². The monoisotopic (exact) mass is 305 g/mol. The number of hydrogen-bond donors (Lipinski definition) is 2. The highest BCUT2D eigenvalue weighted by Gasteiger charge is 2.05. The molecule has 0 aliphatic rings. The molecule has 21 heavy (non-hydrogen) atoms. The molecule has 0 atom stereocenters. The van der Waals surface area contributed by atoms with Crippen LogP contribution in [-0.2, 0) is 13.2 Å². The van der Waals surface area contributed by atoms with E-state index in [0.29, 0.717) is 22.6 Å². The standard InChI is InChI=1S/C17H20ClNO2/c1-12(2)19-10-14-5-8-17(16(18)9-14)21-15-6-3-13(11-20)4-7-15/h3-9,12,19-20H,10-11H2,1-2H3. The van der Waals surface area contributed by atoms with Gasteiger partial charge in [-0.3, -0.25) is 0 Å². The van der Waals surface area contributed by atoms with Gasteiger partial charge in [0.05, 0.1) is 11.6 Å². The van der Waals surface area contributed by atoms with Crippen molar-refractivity contribution in [3.63, 3.8) is 0 Å². The molecule has 0 unspecified atom stereocenters. The molecule has 0 saturated carbocycles. The predicted molar refractivity (Wildman–Crippen MR) is 85.9 cm³/mol. The maximum absolute atomic E-state index is 9.01. The van der Waals surface area contributed by atoms with Gasteiger partial charge in [-0.15, -0.1) is 0 Å². The molecule has 2 aromatic rings. The molecule has 2 N–H and O–H groups in total. The molecule has 2 aromatic carbocycles. The van der Waals surface area contributed by atoms with Gasteiger partial charge in [-0.05, 0) is 35.4 Å². The Morgan fingerprint density at radius 1 is 1.10 bits per heavy atom. The van der Waals surface area contributed by atoms with Crippen LogP contribution in [0.2, 0.25) is 5.02 Å². The van der Waals surface area contributed by atoms with Crippen LogP contribution in [0.1, 0.15) is 25.0 Å². The number of nitrogens with one attached hydrogen (secondary N) is 1. The zero-order valence-corrected chi connectivity index (χ0v) is 13.0. The van der Waals surface area contributed by atoms with E-state index in [1.54, 1.807) is 0 Å². The van der Waals surface area contributed by atoms with Crippen molar-refractivity contribution in [3.05, 3.63) is 58.6 Å². The van der Waals surface area contributed by atoms with Crippen LogP contribution in [0.15, 0.2) is 42.5 Å². The molecule has 4 heteroatoms. The summed E-state index contributed by atoms with van der Waals surface area (Å²) in [6.45, 7) is 5.02. The van der Waals surface area contributed by atoms with E-state index in [9.17, 15) is 0 Å². The second kappa shape index (κ2) is 7.46. The normalized spacial score (nSPS) is 10.9. The first-order chi connectivity index (χ1) is 10.1. The largest absolute Gasteiger partial charge is 0.456 e. The van der Waals surface area contributed by atoms with E-state index in [2.05, 4.69) is 19.2 Å². The van der Waals surface area contributed by atoms with E-state index in [1.165, 1.54) is 0 Å². The van der Waals surface area contributed by atoms with Crippen molar-refractivity contribution in [1.82, 2.24) is 5.32 Å². The molecule has 0 radical (unpaired) electrons. The molecular weight excluding hydrogens is 286 g/mol. The molecule has 0 amide bonds. The third-order valence-electron chi connectivity index (χ3n) is 3.04. The zero-order chi connectivity index (χ0) is 15.2. The Morgan fingerprint density at radius 3 is 2.33 bits per heavy atom. The van der Waals surface area contributed by atoms with Crippen molar-refractivity contribution in [2.45, 2.75) is 33.0 Å². The van der Waals surface area contributed by atoms with Crippen molar-refractivity contribution in [2.75, 3.05) is 0 Å². The fourth-order valence-electron chi connectivity index (χ4n) is 1.85. The van der Waals surface area contributed by atoms with Crippen LogP contribution in [0.5, 0.6) is 11.5 Å². The third-order valence-corrected chi connectivity index (χ3v) is 3.34.